The average Bonchev–Trinajstić information content (AvgIpc) is 3.18. The quantitative estimate of drug-likeness (QED) is 0.470. The smallest absolute Gasteiger partial charge is 0.341 e. The van der Waals surface area contributed by atoms with E-state index in [2.05, 4.69) is 14.7 Å². The molecule has 3 aromatic rings. The van der Waals surface area contributed by atoms with E-state index in [1.54, 1.807) is 17.0 Å². The zero-order chi connectivity index (χ0) is 23.6. The molecule has 1 amide bonds. The van der Waals surface area contributed by atoms with Gasteiger partial charge in [0.05, 0.1) is 27.2 Å². The van der Waals surface area contributed by atoms with Crippen molar-refractivity contribution >= 4 is 38.6 Å². The molecule has 0 spiro atoms. The molecule has 2 heterocycles. The van der Waals surface area contributed by atoms with Crippen LogP contribution in [0.15, 0.2) is 52.2 Å². The van der Waals surface area contributed by atoms with Crippen molar-refractivity contribution in [2.75, 3.05) is 17.8 Å². The number of nitrogens with one attached hydrogen (secondary N) is 3. The minimum Gasteiger partial charge on any atom is -0.449 e. The molecule has 0 radical (unpaired) electrons. The first kappa shape index (κ1) is 22.6. The Morgan fingerprint density at radius 1 is 1.03 bits per heavy atom. The molecule has 1 aliphatic rings. The van der Waals surface area contributed by atoms with Gasteiger partial charge in [-0.15, -0.1) is 0 Å². The van der Waals surface area contributed by atoms with Gasteiger partial charge in [0.1, 0.15) is 0 Å². The molecular formula is C22H24N4O6S. The van der Waals surface area contributed by atoms with Crippen LogP contribution < -0.4 is 10.4 Å². The summed E-state index contributed by atoms with van der Waals surface area (Å²) in [7, 11) is -4.08. The number of rotatable bonds is 6. The number of ether oxygens (including phenoxy) is 1. The summed E-state index contributed by atoms with van der Waals surface area (Å²) in [5, 5.41) is 0. The highest BCUT2D eigenvalue weighted by molar-refractivity contribution is 7.92. The summed E-state index contributed by atoms with van der Waals surface area (Å²) < 4.78 is 33.6. The maximum atomic E-state index is 12.9. The van der Waals surface area contributed by atoms with E-state index in [0.29, 0.717) is 24.1 Å². The van der Waals surface area contributed by atoms with Crippen molar-refractivity contribution in [3.05, 3.63) is 58.5 Å². The predicted molar refractivity (Wildman–Crippen MR) is 121 cm³/mol. The molecule has 1 aliphatic heterocycles. The summed E-state index contributed by atoms with van der Waals surface area (Å²) in [6.07, 6.45) is 1.91. The Hall–Kier alpha value is -3.60. The number of carbonyl (C=O) groups is 2. The van der Waals surface area contributed by atoms with Gasteiger partial charge in [-0.25, -0.2) is 18.0 Å². The molecule has 0 bridgehead atoms. The standard InChI is InChI=1S/C22H24N4O6S/c1-14(20(27)26-11-5-2-6-12-26)32-21(28)16-7-3-4-8-17(16)25-33(30,31)15-9-10-18-19(13-15)24-22(29)23-18/h3-4,7-10,13-14,25H,2,5-6,11-12H2,1H3,(H2,23,24,29). The lowest BCUT2D eigenvalue weighted by Crippen LogP contribution is -2.42. The molecule has 0 aliphatic carbocycles. The number of hydrogen-bond acceptors (Lipinski definition) is 6. The number of benzene rings is 2. The fourth-order valence-corrected chi connectivity index (χ4v) is 4.88. The number of fused-ring (bicyclic) bond motifs is 1. The first-order valence-electron chi connectivity index (χ1n) is 10.6. The lowest BCUT2D eigenvalue weighted by molar-refractivity contribution is -0.140. The van der Waals surface area contributed by atoms with Gasteiger partial charge in [0, 0.05) is 13.1 Å². The van der Waals surface area contributed by atoms with Crippen LogP contribution in [0, 0.1) is 0 Å². The van der Waals surface area contributed by atoms with E-state index in [9.17, 15) is 22.8 Å². The number of piperidine rings is 1. The number of carbonyl (C=O) groups excluding carboxylic acids is 2. The summed E-state index contributed by atoms with van der Waals surface area (Å²) in [6, 6.07) is 10.1. The maximum absolute atomic E-state index is 12.9. The van der Waals surface area contributed by atoms with Crippen LogP contribution in [0.3, 0.4) is 0 Å². The van der Waals surface area contributed by atoms with Crippen molar-refractivity contribution in [1.29, 1.82) is 0 Å². The van der Waals surface area contributed by atoms with E-state index in [0.717, 1.165) is 19.3 Å². The highest BCUT2D eigenvalue weighted by atomic mass is 32.2. The molecule has 1 aromatic heterocycles. The first-order chi connectivity index (χ1) is 15.7. The summed E-state index contributed by atoms with van der Waals surface area (Å²) in [5.41, 5.74) is 0.350. The molecule has 1 unspecified atom stereocenters. The second kappa shape index (κ2) is 9.10. The second-order valence-corrected chi connectivity index (χ2v) is 9.55. The minimum absolute atomic E-state index is 0.0165. The average molecular weight is 473 g/mol. The van der Waals surface area contributed by atoms with E-state index in [4.69, 9.17) is 4.74 Å². The predicted octanol–water partition coefficient (Wildman–Crippen LogP) is 2.21. The molecule has 0 saturated carbocycles. The third-order valence-electron chi connectivity index (χ3n) is 5.49. The van der Waals surface area contributed by atoms with Gasteiger partial charge in [-0.1, -0.05) is 12.1 Å². The number of likely N-dealkylation sites (tertiary alicyclic amines) is 1. The summed E-state index contributed by atoms with van der Waals surface area (Å²) in [6.45, 7) is 2.77. The Bertz CT molecular complexity index is 1350. The highest BCUT2D eigenvalue weighted by Gasteiger charge is 2.27. The molecule has 1 fully saturated rings. The highest BCUT2D eigenvalue weighted by Crippen LogP contribution is 2.23. The number of anilines is 1. The molecule has 3 N–H and O–H groups in total. The number of hydrogen-bond donors (Lipinski definition) is 3. The molecule has 10 nitrogen and oxygen atoms in total. The van der Waals surface area contributed by atoms with Crippen LogP contribution in [0.4, 0.5) is 5.69 Å². The Morgan fingerprint density at radius 2 is 1.73 bits per heavy atom. The Kier molecular flexibility index (Phi) is 6.23. The minimum atomic E-state index is -4.08. The molecule has 174 valence electrons. The van der Waals surface area contributed by atoms with Gasteiger partial charge in [-0.2, -0.15) is 0 Å². The van der Waals surface area contributed by atoms with Gasteiger partial charge < -0.3 is 19.6 Å². The Morgan fingerprint density at radius 3 is 2.48 bits per heavy atom. The first-order valence-corrected chi connectivity index (χ1v) is 12.1. The number of H-pyrrole nitrogens is 2. The molecule has 4 rings (SSSR count). The van der Waals surface area contributed by atoms with E-state index < -0.39 is 27.8 Å². The zero-order valence-electron chi connectivity index (χ0n) is 18.0. The lowest BCUT2D eigenvalue weighted by atomic mass is 10.1. The van der Waals surface area contributed by atoms with Crippen molar-refractivity contribution in [2.45, 2.75) is 37.2 Å². The van der Waals surface area contributed by atoms with Gasteiger partial charge in [0.2, 0.25) is 0 Å². The normalized spacial score (nSPS) is 15.2. The monoisotopic (exact) mass is 472 g/mol. The van der Waals surface area contributed by atoms with Crippen LogP contribution in [0.25, 0.3) is 11.0 Å². The number of aromatic nitrogens is 2. The fourth-order valence-electron chi connectivity index (χ4n) is 3.78. The SMILES string of the molecule is CC(OC(=O)c1ccccc1NS(=O)(=O)c1ccc2[nH]c(=O)[nH]c2c1)C(=O)N1CCCCC1. The molecule has 1 saturated heterocycles. The largest absolute Gasteiger partial charge is 0.449 e. The van der Waals surface area contributed by atoms with Crippen molar-refractivity contribution in [3.8, 4) is 0 Å². The van der Waals surface area contributed by atoms with Gasteiger partial charge in [-0.3, -0.25) is 9.52 Å². The number of aromatic amines is 2. The van der Waals surface area contributed by atoms with Crippen LogP contribution in [0.2, 0.25) is 0 Å². The third kappa shape index (κ3) is 4.92. The van der Waals surface area contributed by atoms with Gasteiger partial charge in [-0.05, 0) is 56.5 Å². The molecule has 2 aromatic carbocycles. The number of imidazole rings is 1. The number of para-hydroxylation sites is 1. The van der Waals surface area contributed by atoms with E-state index >= 15 is 0 Å². The number of sulfonamides is 1. The molecule has 11 heteroatoms. The van der Waals surface area contributed by atoms with Crippen LogP contribution in [-0.2, 0) is 19.6 Å². The fraction of sp³-hybridized carbons (Fsp3) is 0.318. The topological polar surface area (TPSA) is 141 Å². The van der Waals surface area contributed by atoms with E-state index in [1.165, 1.54) is 37.3 Å². The number of esters is 1. The Balaban J connectivity index is 1.53. The molecule has 33 heavy (non-hydrogen) atoms. The van der Waals surface area contributed by atoms with E-state index in [1.807, 2.05) is 0 Å². The molecular weight excluding hydrogens is 448 g/mol. The van der Waals surface area contributed by atoms with Gasteiger partial charge in [0.25, 0.3) is 15.9 Å². The van der Waals surface area contributed by atoms with Gasteiger partial charge in [0.15, 0.2) is 6.10 Å². The van der Waals surface area contributed by atoms with Crippen molar-refractivity contribution < 1.29 is 22.7 Å². The number of nitrogens with zero attached hydrogens (tertiary/aromatic N) is 1. The summed E-state index contributed by atoms with van der Waals surface area (Å²) >= 11 is 0. The van der Waals surface area contributed by atoms with Gasteiger partial charge >= 0.3 is 11.7 Å². The second-order valence-electron chi connectivity index (χ2n) is 7.87. The van der Waals surface area contributed by atoms with E-state index in [-0.39, 0.29) is 22.1 Å². The van der Waals surface area contributed by atoms with Crippen LogP contribution >= 0.6 is 0 Å². The van der Waals surface area contributed by atoms with Crippen LogP contribution in [0.1, 0.15) is 36.5 Å². The third-order valence-corrected chi connectivity index (χ3v) is 6.85. The van der Waals surface area contributed by atoms with Crippen molar-refractivity contribution in [1.82, 2.24) is 14.9 Å². The summed E-state index contributed by atoms with van der Waals surface area (Å²) in [5.74, 6) is -1.08. The number of amides is 1. The van der Waals surface area contributed by atoms with Crippen molar-refractivity contribution in [3.63, 3.8) is 0 Å². The maximum Gasteiger partial charge on any atom is 0.341 e. The Labute approximate surface area is 190 Å². The zero-order valence-corrected chi connectivity index (χ0v) is 18.8. The van der Waals surface area contributed by atoms with Crippen LogP contribution in [0.5, 0.6) is 0 Å². The molecule has 1 atom stereocenters. The lowest BCUT2D eigenvalue weighted by Gasteiger charge is -2.29. The van der Waals surface area contributed by atoms with Crippen molar-refractivity contribution in [2.24, 2.45) is 0 Å². The van der Waals surface area contributed by atoms with Crippen LogP contribution in [-0.4, -0.2) is 54.4 Å². The summed E-state index contributed by atoms with van der Waals surface area (Å²) in [4.78, 5) is 43.5.